The molecule has 0 saturated heterocycles. The van der Waals surface area contributed by atoms with Gasteiger partial charge in [0, 0.05) is 18.8 Å². The highest BCUT2D eigenvalue weighted by Crippen LogP contribution is 2.22. The van der Waals surface area contributed by atoms with Crippen molar-refractivity contribution in [3.63, 3.8) is 0 Å². The number of aliphatic hydroxyl groups excluding tert-OH is 1. The molecule has 0 unspecified atom stereocenters. The fourth-order valence-electron chi connectivity index (χ4n) is 1.47. The monoisotopic (exact) mass is 154 g/mol. The average Bonchev–Trinajstić information content (AvgIpc) is 1.98. The minimum absolute atomic E-state index is 0.0706. The molecule has 0 aromatic heterocycles. The molecule has 1 aliphatic rings. The standard InChI is InChI=1S/C9H14O2/c1-2-3-7-6-8(10)4-5-9(7)11/h2-3,7,9,11H,4-6H2,1H3/b3-2-/t7-,9+/m0/s1. The van der Waals surface area contributed by atoms with E-state index in [0.717, 1.165) is 0 Å². The third kappa shape index (κ3) is 2.15. The molecular formula is C9H14O2. The first-order valence-corrected chi connectivity index (χ1v) is 4.06. The first-order chi connectivity index (χ1) is 5.24. The largest absolute Gasteiger partial charge is 0.392 e. The minimum atomic E-state index is -0.302. The van der Waals surface area contributed by atoms with E-state index in [1.54, 1.807) is 0 Å². The summed E-state index contributed by atoms with van der Waals surface area (Å²) in [4.78, 5) is 10.9. The molecule has 2 heteroatoms. The summed E-state index contributed by atoms with van der Waals surface area (Å²) < 4.78 is 0. The van der Waals surface area contributed by atoms with Crippen molar-refractivity contribution in [3.8, 4) is 0 Å². The Morgan fingerprint density at radius 2 is 2.36 bits per heavy atom. The molecule has 11 heavy (non-hydrogen) atoms. The van der Waals surface area contributed by atoms with Crippen LogP contribution in [0.15, 0.2) is 12.2 Å². The van der Waals surface area contributed by atoms with Gasteiger partial charge < -0.3 is 5.11 Å². The molecule has 2 atom stereocenters. The zero-order valence-corrected chi connectivity index (χ0v) is 6.79. The van der Waals surface area contributed by atoms with Crippen LogP contribution in [0.4, 0.5) is 0 Å². The Bertz CT molecular complexity index is 172. The summed E-state index contributed by atoms with van der Waals surface area (Å²) in [7, 11) is 0. The number of ketones is 1. The molecule has 0 aromatic carbocycles. The van der Waals surface area contributed by atoms with Gasteiger partial charge in [-0.15, -0.1) is 0 Å². The van der Waals surface area contributed by atoms with E-state index < -0.39 is 0 Å². The Balaban J connectivity index is 2.53. The Morgan fingerprint density at radius 3 is 3.00 bits per heavy atom. The summed E-state index contributed by atoms with van der Waals surface area (Å²) in [6, 6.07) is 0. The fraction of sp³-hybridized carbons (Fsp3) is 0.667. The van der Waals surface area contributed by atoms with Crippen molar-refractivity contribution in [2.75, 3.05) is 0 Å². The Morgan fingerprint density at radius 1 is 1.64 bits per heavy atom. The summed E-state index contributed by atoms with van der Waals surface area (Å²) in [6.45, 7) is 1.91. The lowest BCUT2D eigenvalue weighted by atomic mass is 9.85. The highest BCUT2D eigenvalue weighted by Gasteiger charge is 2.25. The van der Waals surface area contributed by atoms with Gasteiger partial charge in [-0.3, -0.25) is 4.79 Å². The molecule has 62 valence electrons. The van der Waals surface area contributed by atoms with Gasteiger partial charge in [-0.05, 0) is 13.3 Å². The molecule has 1 aliphatic carbocycles. The van der Waals surface area contributed by atoms with Crippen LogP contribution in [0.3, 0.4) is 0 Å². The van der Waals surface area contributed by atoms with Crippen molar-refractivity contribution in [1.29, 1.82) is 0 Å². The van der Waals surface area contributed by atoms with Crippen molar-refractivity contribution in [1.82, 2.24) is 0 Å². The van der Waals surface area contributed by atoms with Crippen molar-refractivity contribution in [3.05, 3.63) is 12.2 Å². The second-order valence-electron chi connectivity index (χ2n) is 3.04. The lowest BCUT2D eigenvalue weighted by Gasteiger charge is -2.23. The molecule has 1 N–H and O–H groups in total. The van der Waals surface area contributed by atoms with Crippen LogP contribution >= 0.6 is 0 Å². The zero-order chi connectivity index (χ0) is 8.27. The van der Waals surface area contributed by atoms with E-state index in [1.807, 2.05) is 19.1 Å². The van der Waals surface area contributed by atoms with Crippen molar-refractivity contribution in [2.45, 2.75) is 32.3 Å². The first-order valence-electron chi connectivity index (χ1n) is 4.06. The highest BCUT2D eigenvalue weighted by molar-refractivity contribution is 5.79. The molecule has 1 rings (SSSR count). The summed E-state index contributed by atoms with van der Waals surface area (Å²) in [5.41, 5.74) is 0. The molecule has 1 saturated carbocycles. The summed E-state index contributed by atoms with van der Waals surface area (Å²) in [6.07, 6.45) is 5.21. The molecule has 0 amide bonds. The number of hydrogen-bond donors (Lipinski definition) is 1. The van der Waals surface area contributed by atoms with E-state index in [9.17, 15) is 9.90 Å². The van der Waals surface area contributed by atoms with Gasteiger partial charge >= 0.3 is 0 Å². The molecule has 0 heterocycles. The van der Waals surface area contributed by atoms with E-state index in [1.165, 1.54) is 0 Å². The van der Waals surface area contributed by atoms with Gasteiger partial charge in [-0.25, -0.2) is 0 Å². The normalized spacial score (nSPS) is 33.1. The minimum Gasteiger partial charge on any atom is -0.392 e. The number of rotatable bonds is 1. The highest BCUT2D eigenvalue weighted by atomic mass is 16.3. The Labute approximate surface area is 66.9 Å². The van der Waals surface area contributed by atoms with E-state index in [4.69, 9.17) is 0 Å². The van der Waals surface area contributed by atoms with E-state index in [-0.39, 0.29) is 17.8 Å². The number of allylic oxidation sites excluding steroid dienone is 1. The molecule has 0 aliphatic heterocycles. The molecule has 0 spiro atoms. The van der Waals surface area contributed by atoms with Crippen LogP contribution in [0.1, 0.15) is 26.2 Å². The molecular weight excluding hydrogens is 140 g/mol. The van der Waals surface area contributed by atoms with Gasteiger partial charge in [0.1, 0.15) is 5.78 Å². The summed E-state index contributed by atoms with van der Waals surface area (Å²) in [5.74, 6) is 0.347. The fourth-order valence-corrected chi connectivity index (χ4v) is 1.47. The average molecular weight is 154 g/mol. The lowest BCUT2D eigenvalue weighted by molar-refractivity contribution is -0.123. The maximum atomic E-state index is 10.9. The van der Waals surface area contributed by atoms with Gasteiger partial charge in [0.05, 0.1) is 6.10 Å². The van der Waals surface area contributed by atoms with Crippen LogP contribution in [-0.4, -0.2) is 17.0 Å². The maximum Gasteiger partial charge on any atom is 0.133 e. The van der Waals surface area contributed by atoms with E-state index >= 15 is 0 Å². The van der Waals surface area contributed by atoms with Crippen molar-refractivity contribution in [2.24, 2.45) is 5.92 Å². The maximum absolute atomic E-state index is 10.9. The van der Waals surface area contributed by atoms with Crippen molar-refractivity contribution >= 4 is 5.78 Å². The number of aliphatic hydroxyl groups is 1. The molecule has 0 bridgehead atoms. The molecule has 0 aromatic rings. The molecule has 2 nitrogen and oxygen atoms in total. The van der Waals surface area contributed by atoms with Gasteiger partial charge in [-0.1, -0.05) is 12.2 Å². The predicted octanol–water partition coefficient (Wildman–Crippen LogP) is 1.29. The van der Waals surface area contributed by atoms with Crippen LogP contribution < -0.4 is 0 Å². The number of carbonyl (C=O) groups is 1. The SMILES string of the molecule is C/C=C\[C@H]1CC(=O)CC[C@H]1O. The van der Waals surface area contributed by atoms with Crippen LogP contribution in [-0.2, 0) is 4.79 Å². The topological polar surface area (TPSA) is 37.3 Å². The third-order valence-corrected chi connectivity index (χ3v) is 2.12. The van der Waals surface area contributed by atoms with Crippen LogP contribution in [0.25, 0.3) is 0 Å². The Hall–Kier alpha value is -0.630. The number of carbonyl (C=O) groups excluding carboxylic acids is 1. The zero-order valence-electron chi connectivity index (χ0n) is 6.79. The summed E-state index contributed by atoms with van der Waals surface area (Å²) in [5, 5.41) is 9.41. The van der Waals surface area contributed by atoms with E-state index in [0.29, 0.717) is 19.3 Å². The third-order valence-electron chi connectivity index (χ3n) is 2.12. The van der Waals surface area contributed by atoms with Crippen LogP contribution in [0.5, 0.6) is 0 Å². The van der Waals surface area contributed by atoms with Gasteiger partial charge in [-0.2, -0.15) is 0 Å². The Kier molecular flexibility index (Phi) is 2.83. The summed E-state index contributed by atoms with van der Waals surface area (Å²) >= 11 is 0. The second-order valence-corrected chi connectivity index (χ2v) is 3.04. The van der Waals surface area contributed by atoms with Gasteiger partial charge in [0.2, 0.25) is 0 Å². The van der Waals surface area contributed by atoms with Gasteiger partial charge in [0.15, 0.2) is 0 Å². The van der Waals surface area contributed by atoms with Crippen LogP contribution in [0, 0.1) is 5.92 Å². The molecule has 0 radical (unpaired) electrons. The molecule has 1 fully saturated rings. The second kappa shape index (κ2) is 3.67. The number of Topliss-reactive ketones (excluding diaryl/α,β-unsaturated/α-hetero) is 1. The smallest absolute Gasteiger partial charge is 0.133 e. The first kappa shape index (κ1) is 8.47. The van der Waals surface area contributed by atoms with E-state index in [2.05, 4.69) is 0 Å². The number of hydrogen-bond acceptors (Lipinski definition) is 2. The van der Waals surface area contributed by atoms with Crippen molar-refractivity contribution < 1.29 is 9.90 Å². The van der Waals surface area contributed by atoms with Gasteiger partial charge in [0.25, 0.3) is 0 Å². The predicted molar refractivity (Wildman–Crippen MR) is 43.2 cm³/mol. The lowest BCUT2D eigenvalue weighted by Crippen LogP contribution is -2.27. The quantitative estimate of drug-likeness (QED) is 0.578. The van der Waals surface area contributed by atoms with Crippen LogP contribution in [0.2, 0.25) is 0 Å².